The Morgan fingerprint density at radius 2 is 2.15 bits per heavy atom. The van der Waals surface area contributed by atoms with Crippen molar-refractivity contribution in [1.82, 2.24) is 15.0 Å². The molecule has 2 rings (SSSR count). The van der Waals surface area contributed by atoms with Gasteiger partial charge in [0.25, 0.3) is 10.0 Å². The highest BCUT2D eigenvalue weighted by atomic mass is 32.2. The van der Waals surface area contributed by atoms with Crippen LogP contribution in [-0.4, -0.2) is 26.5 Å². The molecule has 0 amide bonds. The molecule has 0 unspecified atom stereocenters. The summed E-state index contributed by atoms with van der Waals surface area (Å²) in [6.07, 6.45) is 6.30. The number of aromatic nitrogens is 1. The second kappa shape index (κ2) is 7.15. The van der Waals surface area contributed by atoms with Gasteiger partial charge in [-0.25, -0.2) is 18.1 Å². The second-order valence-electron chi connectivity index (χ2n) is 5.27. The molecule has 0 aliphatic heterocycles. The van der Waals surface area contributed by atoms with Crippen LogP contribution in [0.3, 0.4) is 0 Å². The normalized spacial score (nSPS) is 16.1. The first-order chi connectivity index (χ1) is 9.62. The van der Waals surface area contributed by atoms with Crippen molar-refractivity contribution in [3.05, 3.63) is 23.9 Å². The molecular weight excluding hydrogens is 274 g/mol. The average Bonchev–Trinajstić information content (AvgIpc) is 2.40. The predicted octanol–water partition coefficient (Wildman–Crippen LogP) is 1.66. The molecule has 0 saturated heterocycles. The fourth-order valence-corrected chi connectivity index (χ4v) is 3.17. The van der Waals surface area contributed by atoms with Gasteiger partial charge in [0.15, 0.2) is 5.03 Å². The zero-order valence-corrected chi connectivity index (χ0v) is 12.7. The maximum atomic E-state index is 12.1. The van der Waals surface area contributed by atoms with Crippen LogP contribution >= 0.6 is 0 Å². The first kappa shape index (κ1) is 15.4. The van der Waals surface area contributed by atoms with Crippen LogP contribution in [0.1, 0.15) is 38.2 Å². The zero-order chi connectivity index (χ0) is 14.4. The van der Waals surface area contributed by atoms with E-state index in [1.54, 1.807) is 18.3 Å². The molecule has 1 aromatic heterocycles. The SMILES string of the molecule is CCNCc1ccc(S(=O)(=O)NCCC2CCC2)nc1. The highest BCUT2D eigenvalue weighted by Crippen LogP contribution is 2.28. The predicted molar refractivity (Wildman–Crippen MR) is 78.8 cm³/mol. The smallest absolute Gasteiger partial charge is 0.258 e. The lowest BCUT2D eigenvalue weighted by Crippen LogP contribution is -2.28. The van der Waals surface area contributed by atoms with E-state index in [1.807, 2.05) is 6.92 Å². The fraction of sp³-hybridized carbons (Fsp3) is 0.643. The third-order valence-electron chi connectivity index (χ3n) is 3.72. The van der Waals surface area contributed by atoms with E-state index in [-0.39, 0.29) is 5.03 Å². The molecule has 1 aliphatic carbocycles. The van der Waals surface area contributed by atoms with E-state index in [0.29, 0.717) is 19.0 Å². The van der Waals surface area contributed by atoms with Crippen molar-refractivity contribution < 1.29 is 8.42 Å². The molecule has 1 fully saturated rings. The summed E-state index contributed by atoms with van der Waals surface area (Å²) in [7, 11) is -3.46. The van der Waals surface area contributed by atoms with Crippen molar-refractivity contribution in [2.75, 3.05) is 13.1 Å². The van der Waals surface area contributed by atoms with Crippen LogP contribution < -0.4 is 10.0 Å². The van der Waals surface area contributed by atoms with Gasteiger partial charge in [0.05, 0.1) is 0 Å². The summed E-state index contributed by atoms with van der Waals surface area (Å²) in [6.45, 7) is 4.12. The highest BCUT2D eigenvalue weighted by molar-refractivity contribution is 7.89. The molecule has 1 heterocycles. The first-order valence-corrected chi connectivity index (χ1v) is 8.75. The van der Waals surface area contributed by atoms with Crippen LogP contribution in [0.2, 0.25) is 0 Å². The molecule has 1 aliphatic rings. The topological polar surface area (TPSA) is 71.1 Å². The largest absolute Gasteiger partial charge is 0.313 e. The number of sulfonamides is 1. The number of nitrogens with zero attached hydrogens (tertiary/aromatic N) is 1. The minimum atomic E-state index is -3.46. The Labute approximate surface area is 121 Å². The summed E-state index contributed by atoms with van der Waals surface area (Å²) < 4.78 is 26.7. The maximum Gasteiger partial charge on any atom is 0.258 e. The minimum Gasteiger partial charge on any atom is -0.313 e. The fourth-order valence-electron chi connectivity index (χ4n) is 2.20. The van der Waals surface area contributed by atoms with Crippen LogP contribution in [0.4, 0.5) is 0 Å². The van der Waals surface area contributed by atoms with Gasteiger partial charge in [0, 0.05) is 19.3 Å². The zero-order valence-electron chi connectivity index (χ0n) is 11.9. The van der Waals surface area contributed by atoms with Gasteiger partial charge in [-0.15, -0.1) is 0 Å². The monoisotopic (exact) mass is 297 g/mol. The second-order valence-corrected chi connectivity index (χ2v) is 6.98. The van der Waals surface area contributed by atoms with E-state index in [9.17, 15) is 8.42 Å². The Kier molecular flexibility index (Phi) is 5.51. The Balaban J connectivity index is 1.87. The van der Waals surface area contributed by atoms with Gasteiger partial charge < -0.3 is 5.32 Å². The van der Waals surface area contributed by atoms with Gasteiger partial charge >= 0.3 is 0 Å². The van der Waals surface area contributed by atoms with E-state index < -0.39 is 10.0 Å². The Morgan fingerprint density at radius 1 is 1.35 bits per heavy atom. The third kappa shape index (κ3) is 4.26. The highest BCUT2D eigenvalue weighted by Gasteiger charge is 2.19. The number of rotatable bonds is 8. The Hall–Kier alpha value is -0.980. The summed E-state index contributed by atoms with van der Waals surface area (Å²) in [5.41, 5.74) is 0.986. The minimum absolute atomic E-state index is 0.103. The third-order valence-corrected chi connectivity index (χ3v) is 5.10. The Morgan fingerprint density at radius 3 is 2.70 bits per heavy atom. The standard InChI is InChI=1S/C14H23N3O2S/c1-2-15-10-13-6-7-14(16-11-13)20(18,19)17-9-8-12-4-3-5-12/h6-7,11-12,15,17H,2-5,8-10H2,1H3. The van der Waals surface area contributed by atoms with Crippen LogP contribution in [0.5, 0.6) is 0 Å². The van der Waals surface area contributed by atoms with Crippen LogP contribution in [0.25, 0.3) is 0 Å². The van der Waals surface area contributed by atoms with Gasteiger partial charge in [0.2, 0.25) is 0 Å². The lowest BCUT2D eigenvalue weighted by Gasteiger charge is -2.25. The quantitative estimate of drug-likeness (QED) is 0.765. The maximum absolute atomic E-state index is 12.1. The van der Waals surface area contributed by atoms with E-state index in [1.165, 1.54) is 19.3 Å². The van der Waals surface area contributed by atoms with Gasteiger partial charge in [-0.05, 0) is 30.5 Å². The van der Waals surface area contributed by atoms with Crippen molar-refractivity contribution in [3.63, 3.8) is 0 Å². The lowest BCUT2D eigenvalue weighted by atomic mass is 9.83. The first-order valence-electron chi connectivity index (χ1n) is 7.27. The molecule has 0 atom stereocenters. The summed E-state index contributed by atoms with van der Waals surface area (Å²) in [4.78, 5) is 4.04. The van der Waals surface area contributed by atoms with Crippen molar-refractivity contribution >= 4 is 10.0 Å². The molecule has 1 saturated carbocycles. The van der Waals surface area contributed by atoms with Crippen LogP contribution in [0, 0.1) is 5.92 Å². The summed E-state index contributed by atoms with van der Waals surface area (Å²) in [5, 5.41) is 3.28. The molecule has 112 valence electrons. The summed E-state index contributed by atoms with van der Waals surface area (Å²) in [6, 6.07) is 3.37. The molecule has 0 spiro atoms. The van der Waals surface area contributed by atoms with E-state index in [4.69, 9.17) is 0 Å². The van der Waals surface area contributed by atoms with E-state index in [2.05, 4.69) is 15.0 Å². The molecule has 20 heavy (non-hydrogen) atoms. The van der Waals surface area contributed by atoms with Crippen LogP contribution in [0.15, 0.2) is 23.4 Å². The number of hydrogen-bond acceptors (Lipinski definition) is 4. The average molecular weight is 297 g/mol. The lowest BCUT2D eigenvalue weighted by molar-refractivity contribution is 0.297. The number of pyridine rings is 1. The molecule has 0 radical (unpaired) electrons. The van der Waals surface area contributed by atoms with Crippen molar-refractivity contribution in [3.8, 4) is 0 Å². The van der Waals surface area contributed by atoms with E-state index >= 15 is 0 Å². The Bertz CT molecular complexity index is 510. The van der Waals surface area contributed by atoms with Crippen molar-refractivity contribution in [1.29, 1.82) is 0 Å². The molecule has 5 nitrogen and oxygen atoms in total. The molecule has 6 heteroatoms. The molecule has 0 aromatic carbocycles. The molecule has 1 aromatic rings. The van der Waals surface area contributed by atoms with E-state index in [0.717, 1.165) is 18.5 Å². The molecular formula is C14H23N3O2S. The summed E-state index contributed by atoms with van der Waals surface area (Å²) in [5.74, 6) is 0.702. The van der Waals surface area contributed by atoms with Crippen molar-refractivity contribution in [2.24, 2.45) is 5.92 Å². The van der Waals surface area contributed by atoms with Gasteiger partial charge in [-0.3, -0.25) is 0 Å². The molecule has 0 bridgehead atoms. The molecule has 2 N–H and O–H groups in total. The van der Waals surface area contributed by atoms with Gasteiger partial charge in [-0.1, -0.05) is 32.3 Å². The summed E-state index contributed by atoms with van der Waals surface area (Å²) >= 11 is 0. The van der Waals surface area contributed by atoms with Crippen molar-refractivity contribution in [2.45, 2.75) is 44.2 Å². The van der Waals surface area contributed by atoms with Crippen LogP contribution in [-0.2, 0) is 16.6 Å². The van der Waals surface area contributed by atoms with Gasteiger partial charge in [0.1, 0.15) is 0 Å². The number of hydrogen-bond donors (Lipinski definition) is 2. The number of nitrogens with one attached hydrogen (secondary N) is 2. The van der Waals surface area contributed by atoms with Gasteiger partial charge in [-0.2, -0.15) is 0 Å².